The van der Waals surface area contributed by atoms with E-state index >= 15 is 0 Å². The summed E-state index contributed by atoms with van der Waals surface area (Å²) in [5.41, 5.74) is -0.0904. The maximum Gasteiger partial charge on any atom is 0.224 e. The highest BCUT2D eigenvalue weighted by Gasteiger charge is 2.33. The van der Waals surface area contributed by atoms with E-state index < -0.39 is 0 Å². The molecule has 1 fully saturated rings. The monoisotopic (exact) mass is 276 g/mol. The van der Waals surface area contributed by atoms with E-state index in [1.54, 1.807) is 4.90 Å². The van der Waals surface area contributed by atoms with Crippen LogP contribution in [0.4, 0.5) is 0 Å². The Morgan fingerprint density at radius 2 is 1.70 bits per heavy atom. The van der Waals surface area contributed by atoms with Crippen molar-refractivity contribution < 1.29 is 4.79 Å². The van der Waals surface area contributed by atoms with Crippen molar-refractivity contribution in [3.05, 3.63) is 0 Å². The average molecular weight is 276 g/mol. The molecule has 0 aromatic rings. The van der Waals surface area contributed by atoms with Gasteiger partial charge in [-0.2, -0.15) is 10.5 Å². The Morgan fingerprint density at radius 3 is 2.15 bits per heavy atom. The molecule has 0 bridgehead atoms. The largest absolute Gasteiger partial charge is 0.341 e. The molecule has 0 unspecified atom stereocenters. The Kier molecular flexibility index (Phi) is 7.04. The van der Waals surface area contributed by atoms with Gasteiger partial charge in [-0.15, -0.1) is 0 Å². The van der Waals surface area contributed by atoms with E-state index in [0.717, 1.165) is 25.7 Å². The van der Waals surface area contributed by atoms with Gasteiger partial charge in [0.05, 0.1) is 25.0 Å². The first-order valence-electron chi connectivity index (χ1n) is 7.38. The van der Waals surface area contributed by atoms with Crippen LogP contribution in [0.1, 0.15) is 51.4 Å². The second-order valence-corrected chi connectivity index (χ2v) is 5.46. The van der Waals surface area contributed by atoms with Crippen molar-refractivity contribution in [1.29, 1.82) is 10.5 Å². The van der Waals surface area contributed by atoms with Gasteiger partial charge >= 0.3 is 0 Å². The maximum atomic E-state index is 12.5. The van der Waals surface area contributed by atoms with Crippen LogP contribution in [0.5, 0.6) is 0 Å². The van der Waals surface area contributed by atoms with Crippen LogP contribution in [-0.4, -0.2) is 36.5 Å². The summed E-state index contributed by atoms with van der Waals surface area (Å²) in [6.07, 6.45) is 6.73. The van der Waals surface area contributed by atoms with E-state index in [0.29, 0.717) is 32.4 Å². The highest BCUT2D eigenvalue weighted by Crippen LogP contribution is 2.31. The molecule has 1 aliphatic carbocycles. The molecule has 0 atom stereocenters. The summed E-state index contributed by atoms with van der Waals surface area (Å²) in [6.45, 7) is 0.855. The highest BCUT2D eigenvalue weighted by atomic mass is 16.2. The fraction of sp³-hybridized carbons (Fsp3) is 0.800. The third-order valence-electron chi connectivity index (χ3n) is 4.17. The first-order valence-corrected chi connectivity index (χ1v) is 7.38. The lowest BCUT2D eigenvalue weighted by Crippen LogP contribution is -2.49. The molecule has 1 N–H and O–H groups in total. The number of rotatable bonds is 7. The Labute approximate surface area is 121 Å². The van der Waals surface area contributed by atoms with Crippen LogP contribution < -0.4 is 5.32 Å². The molecule has 0 spiro atoms. The lowest BCUT2D eigenvalue weighted by Gasteiger charge is -2.38. The van der Waals surface area contributed by atoms with E-state index in [-0.39, 0.29) is 11.4 Å². The molecule has 5 heteroatoms. The number of nitrogens with zero attached hydrogens (tertiary/aromatic N) is 3. The number of carbonyl (C=O) groups excluding carboxylic acids is 1. The maximum absolute atomic E-state index is 12.5. The van der Waals surface area contributed by atoms with Crippen molar-refractivity contribution in [2.24, 2.45) is 0 Å². The molecule has 0 radical (unpaired) electrons. The SMILES string of the molecule is CNC1(CC(=O)N(CCC#N)CCC#N)CCCCC1. The molecule has 0 saturated heterocycles. The van der Waals surface area contributed by atoms with Gasteiger partial charge in [0.2, 0.25) is 5.91 Å². The second kappa shape index (κ2) is 8.55. The summed E-state index contributed by atoms with van der Waals surface area (Å²) in [5, 5.41) is 20.7. The third-order valence-corrected chi connectivity index (χ3v) is 4.17. The first-order chi connectivity index (χ1) is 9.67. The van der Waals surface area contributed by atoms with Crippen molar-refractivity contribution in [3.63, 3.8) is 0 Å². The quantitative estimate of drug-likeness (QED) is 0.770. The Morgan fingerprint density at radius 1 is 1.15 bits per heavy atom. The van der Waals surface area contributed by atoms with Crippen molar-refractivity contribution >= 4 is 5.91 Å². The van der Waals surface area contributed by atoms with Gasteiger partial charge < -0.3 is 10.2 Å². The van der Waals surface area contributed by atoms with Gasteiger partial charge in [-0.1, -0.05) is 19.3 Å². The second-order valence-electron chi connectivity index (χ2n) is 5.46. The van der Waals surface area contributed by atoms with Crippen LogP contribution in [0.2, 0.25) is 0 Å². The Bertz CT molecular complexity index is 370. The van der Waals surface area contributed by atoms with Gasteiger partial charge in [0.15, 0.2) is 0 Å². The van der Waals surface area contributed by atoms with Gasteiger partial charge in [0, 0.05) is 25.0 Å². The van der Waals surface area contributed by atoms with Crippen LogP contribution in [0.3, 0.4) is 0 Å². The van der Waals surface area contributed by atoms with Crippen molar-refractivity contribution in [3.8, 4) is 12.1 Å². The van der Waals surface area contributed by atoms with E-state index in [2.05, 4.69) is 17.5 Å². The summed E-state index contributed by atoms with van der Waals surface area (Å²) in [5.74, 6) is 0.0618. The zero-order valence-corrected chi connectivity index (χ0v) is 12.3. The zero-order chi connectivity index (χ0) is 14.8. The molecule has 0 aromatic carbocycles. The molecule has 0 heterocycles. The van der Waals surface area contributed by atoms with Crippen molar-refractivity contribution in [2.45, 2.75) is 56.9 Å². The summed E-state index contributed by atoms with van der Waals surface area (Å²) in [6, 6.07) is 4.13. The Hall–Kier alpha value is -1.59. The van der Waals surface area contributed by atoms with Gasteiger partial charge in [-0.25, -0.2) is 0 Å². The molecule has 1 saturated carbocycles. The average Bonchev–Trinajstić information content (AvgIpc) is 2.48. The number of carbonyl (C=O) groups is 1. The van der Waals surface area contributed by atoms with Crippen molar-refractivity contribution in [1.82, 2.24) is 10.2 Å². The molecule has 1 amide bonds. The van der Waals surface area contributed by atoms with E-state index in [9.17, 15) is 4.79 Å². The summed E-state index contributed by atoms with van der Waals surface area (Å²) in [4.78, 5) is 14.1. The number of hydrogen-bond acceptors (Lipinski definition) is 4. The highest BCUT2D eigenvalue weighted by molar-refractivity contribution is 5.77. The fourth-order valence-electron chi connectivity index (χ4n) is 2.88. The molecular formula is C15H24N4O. The van der Waals surface area contributed by atoms with Gasteiger partial charge in [-0.05, 0) is 19.9 Å². The molecular weight excluding hydrogens is 252 g/mol. The predicted octanol–water partition coefficient (Wildman–Crippen LogP) is 1.95. The minimum atomic E-state index is -0.0904. The Balaban J connectivity index is 2.63. The molecule has 0 aliphatic heterocycles. The smallest absolute Gasteiger partial charge is 0.224 e. The first kappa shape index (κ1) is 16.5. The lowest BCUT2D eigenvalue weighted by molar-refractivity contribution is -0.133. The molecule has 110 valence electrons. The van der Waals surface area contributed by atoms with Crippen LogP contribution in [-0.2, 0) is 4.79 Å². The molecule has 1 aliphatic rings. The lowest BCUT2D eigenvalue weighted by atomic mass is 9.79. The summed E-state index contributed by atoms with van der Waals surface area (Å²) >= 11 is 0. The number of hydrogen-bond donors (Lipinski definition) is 1. The minimum Gasteiger partial charge on any atom is -0.341 e. The molecule has 1 rings (SSSR count). The normalized spacial score (nSPS) is 16.9. The van der Waals surface area contributed by atoms with E-state index in [4.69, 9.17) is 10.5 Å². The number of nitriles is 2. The van der Waals surface area contributed by atoms with Crippen LogP contribution in [0, 0.1) is 22.7 Å². The zero-order valence-electron chi connectivity index (χ0n) is 12.3. The van der Waals surface area contributed by atoms with Gasteiger partial charge in [0.1, 0.15) is 0 Å². The minimum absolute atomic E-state index is 0.0618. The van der Waals surface area contributed by atoms with Gasteiger partial charge in [0.25, 0.3) is 0 Å². The molecule has 5 nitrogen and oxygen atoms in total. The van der Waals surface area contributed by atoms with E-state index in [1.165, 1.54) is 6.42 Å². The van der Waals surface area contributed by atoms with E-state index in [1.807, 2.05) is 7.05 Å². The van der Waals surface area contributed by atoms with Crippen molar-refractivity contribution in [2.75, 3.05) is 20.1 Å². The summed E-state index contributed by atoms with van der Waals surface area (Å²) < 4.78 is 0. The summed E-state index contributed by atoms with van der Waals surface area (Å²) in [7, 11) is 1.92. The molecule has 20 heavy (non-hydrogen) atoms. The molecule has 0 aromatic heterocycles. The van der Waals surface area contributed by atoms with Crippen LogP contribution in [0.15, 0.2) is 0 Å². The number of nitrogens with one attached hydrogen (secondary N) is 1. The van der Waals surface area contributed by atoms with Crippen LogP contribution in [0.25, 0.3) is 0 Å². The van der Waals surface area contributed by atoms with Gasteiger partial charge in [-0.3, -0.25) is 4.79 Å². The third kappa shape index (κ3) is 4.83. The predicted molar refractivity (Wildman–Crippen MR) is 76.5 cm³/mol. The topological polar surface area (TPSA) is 79.9 Å². The fourth-order valence-corrected chi connectivity index (χ4v) is 2.88. The number of amides is 1. The standard InChI is InChI=1S/C15H24N4O/c1-18-15(7-3-2-4-8-15)13-14(20)19(11-5-9-16)12-6-10-17/h18H,2-8,11-13H2,1H3. The van der Waals surface area contributed by atoms with Crippen LogP contribution >= 0.6 is 0 Å².